The average Bonchev–Trinajstić information content (AvgIpc) is 2.98. The number of aliphatic carboxylic acids is 1. The van der Waals surface area contributed by atoms with Gasteiger partial charge in [-0.25, -0.2) is 8.42 Å². The summed E-state index contributed by atoms with van der Waals surface area (Å²) in [7, 11) is -2.85. The molecule has 1 fully saturated rings. The minimum atomic E-state index is -4.73. The Morgan fingerprint density at radius 3 is 2.50 bits per heavy atom. The van der Waals surface area contributed by atoms with Gasteiger partial charge in [0.1, 0.15) is 17.6 Å². The number of nitrogens with zero attached hydrogens (tertiary/aromatic N) is 2. The van der Waals surface area contributed by atoms with E-state index in [1.165, 1.54) is 0 Å². The minimum Gasteiger partial charge on any atom is -0.495 e. The van der Waals surface area contributed by atoms with E-state index in [0.29, 0.717) is 19.2 Å². The maximum absolute atomic E-state index is 13.9. The first-order chi connectivity index (χ1) is 21.0. The number of carboxylic acids is 1. The van der Waals surface area contributed by atoms with E-state index in [4.69, 9.17) is 9.47 Å². The van der Waals surface area contributed by atoms with Gasteiger partial charge < -0.3 is 19.5 Å². The van der Waals surface area contributed by atoms with Gasteiger partial charge in [0.25, 0.3) is 10.0 Å². The van der Waals surface area contributed by atoms with E-state index in [2.05, 4.69) is 4.90 Å². The molecule has 1 saturated heterocycles. The SMILES string of the molecule is COc1ccc2ccccc2c1N1CC(c2ccc3c(c2)N(S(=O)(=O)c2cccc(C(F)(F)F)c2)C[C@H](CCC(=O)O)O3)C1. The van der Waals surface area contributed by atoms with Gasteiger partial charge in [0.2, 0.25) is 0 Å². The molecule has 0 aliphatic carbocycles. The highest BCUT2D eigenvalue weighted by molar-refractivity contribution is 7.92. The second kappa shape index (κ2) is 11.2. The predicted octanol–water partition coefficient (Wildman–Crippen LogP) is 6.29. The molecule has 0 amide bonds. The van der Waals surface area contributed by atoms with E-state index < -0.39 is 38.7 Å². The number of hydrogen-bond acceptors (Lipinski definition) is 6. The third kappa shape index (κ3) is 5.49. The Morgan fingerprint density at radius 1 is 1.00 bits per heavy atom. The standard InChI is InChI=1S/C32H29F3N2O6S/c1-42-29-13-9-20-5-2-3-8-26(20)31(29)36-17-22(18-36)21-10-12-28-27(15-21)37(19-24(43-28)11-14-30(38)39)44(40,41)25-7-4-6-23(16-25)32(33,34)35/h2-10,12-13,15-16,22,24H,11,14,17-19H2,1H3,(H,38,39)/t24-/m0/s1. The number of alkyl halides is 3. The average molecular weight is 627 g/mol. The summed E-state index contributed by atoms with van der Waals surface area (Å²) in [6, 6.07) is 20.7. The quantitative estimate of drug-likeness (QED) is 0.246. The third-order valence-electron chi connectivity index (χ3n) is 8.10. The molecule has 0 bridgehead atoms. The van der Waals surface area contributed by atoms with Crippen LogP contribution in [0.2, 0.25) is 0 Å². The van der Waals surface area contributed by atoms with Crippen LogP contribution < -0.4 is 18.7 Å². The van der Waals surface area contributed by atoms with Gasteiger partial charge in [0.05, 0.1) is 35.5 Å². The van der Waals surface area contributed by atoms with Crippen molar-refractivity contribution >= 4 is 38.1 Å². The van der Waals surface area contributed by atoms with Gasteiger partial charge in [-0.3, -0.25) is 9.10 Å². The van der Waals surface area contributed by atoms with Gasteiger partial charge >= 0.3 is 12.1 Å². The van der Waals surface area contributed by atoms with E-state index in [9.17, 15) is 31.5 Å². The van der Waals surface area contributed by atoms with Gasteiger partial charge in [-0.2, -0.15) is 13.2 Å². The zero-order valence-corrected chi connectivity index (χ0v) is 24.4. The Labute approximate surface area is 252 Å². The second-order valence-corrected chi connectivity index (χ2v) is 12.8. The van der Waals surface area contributed by atoms with Crippen LogP contribution in [0.1, 0.15) is 29.9 Å². The highest BCUT2D eigenvalue weighted by Crippen LogP contribution is 2.45. The molecule has 2 aliphatic rings. The Balaban J connectivity index is 1.33. The van der Waals surface area contributed by atoms with Crippen molar-refractivity contribution in [3.05, 3.63) is 90.0 Å². The molecule has 1 N–H and O–H groups in total. The Kier molecular flexibility index (Phi) is 7.56. The third-order valence-corrected chi connectivity index (χ3v) is 9.87. The van der Waals surface area contributed by atoms with E-state index >= 15 is 0 Å². The molecule has 0 saturated carbocycles. The molecule has 6 rings (SSSR count). The van der Waals surface area contributed by atoms with Crippen LogP contribution in [0.5, 0.6) is 11.5 Å². The van der Waals surface area contributed by atoms with Gasteiger partial charge in [-0.15, -0.1) is 0 Å². The molecular weight excluding hydrogens is 597 g/mol. The van der Waals surface area contributed by atoms with Gasteiger partial charge in [-0.05, 0) is 53.8 Å². The first-order valence-electron chi connectivity index (χ1n) is 14.0. The summed E-state index contributed by atoms with van der Waals surface area (Å²) < 4.78 is 80.8. The summed E-state index contributed by atoms with van der Waals surface area (Å²) in [5.41, 5.74) is 0.934. The Morgan fingerprint density at radius 2 is 1.77 bits per heavy atom. The van der Waals surface area contributed by atoms with Crippen molar-refractivity contribution in [2.75, 3.05) is 35.9 Å². The Hall–Kier alpha value is -4.45. The van der Waals surface area contributed by atoms with Gasteiger partial charge in [-0.1, -0.05) is 42.5 Å². The lowest BCUT2D eigenvalue weighted by Crippen LogP contribution is -2.46. The number of ether oxygens (including phenoxy) is 2. The van der Waals surface area contributed by atoms with Crippen LogP contribution in [0, 0.1) is 0 Å². The summed E-state index contributed by atoms with van der Waals surface area (Å²) in [6.07, 6.45) is -5.77. The predicted molar refractivity (Wildman–Crippen MR) is 159 cm³/mol. The molecule has 8 nitrogen and oxygen atoms in total. The maximum atomic E-state index is 13.9. The molecule has 2 heterocycles. The first-order valence-corrected chi connectivity index (χ1v) is 15.4. The lowest BCUT2D eigenvalue weighted by molar-refractivity contribution is -0.138. The normalized spacial score (nSPS) is 17.1. The summed E-state index contributed by atoms with van der Waals surface area (Å²) >= 11 is 0. The van der Waals surface area contributed by atoms with Crippen molar-refractivity contribution < 1.29 is 41.0 Å². The molecule has 0 spiro atoms. The van der Waals surface area contributed by atoms with Crippen molar-refractivity contribution in [2.24, 2.45) is 0 Å². The highest BCUT2D eigenvalue weighted by Gasteiger charge is 2.38. The first kappa shape index (κ1) is 29.6. The molecule has 0 aromatic heterocycles. The molecule has 12 heteroatoms. The van der Waals surface area contributed by atoms with Crippen molar-refractivity contribution in [3.63, 3.8) is 0 Å². The summed E-state index contributed by atoms with van der Waals surface area (Å²) in [6.45, 7) is 1.02. The second-order valence-electron chi connectivity index (χ2n) is 10.9. The van der Waals surface area contributed by atoms with E-state index in [-0.39, 0.29) is 36.7 Å². The van der Waals surface area contributed by atoms with Crippen LogP contribution in [0.4, 0.5) is 24.5 Å². The number of hydrogen-bond donors (Lipinski definition) is 1. The van der Waals surface area contributed by atoms with Crippen LogP contribution in [0.15, 0.2) is 83.8 Å². The van der Waals surface area contributed by atoms with Crippen LogP contribution in [0.3, 0.4) is 0 Å². The number of anilines is 2. The number of carboxylic acid groups (broad SMARTS) is 1. The number of halogens is 3. The van der Waals surface area contributed by atoms with Gasteiger partial charge in [0.15, 0.2) is 0 Å². The summed E-state index contributed by atoms with van der Waals surface area (Å²) in [4.78, 5) is 12.9. The minimum absolute atomic E-state index is 0.0234. The van der Waals surface area contributed by atoms with Crippen LogP contribution in [-0.4, -0.2) is 52.3 Å². The molecule has 1 atom stereocenters. The molecule has 44 heavy (non-hydrogen) atoms. The monoisotopic (exact) mass is 626 g/mol. The zero-order valence-electron chi connectivity index (χ0n) is 23.6. The number of methoxy groups -OCH3 is 1. The van der Waals surface area contributed by atoms with Crippen LogP contribution in [0.25, 0.3) is 10.8 Å². The molecule has 0 unspecified atom stereocenters. The van der Waals surface area contributed by atoms with Crippen molar-refractivity contribution in [2.45, 2.75) is 35.9 Å². The fourth-order valence-electron chi connectivity index (χ4n) is 5.80. The maximum Gasteiger partial charge on any atom is 0.416 e. The number of sulfonamides is 1. The van der Waals surface area contributed by atoms with Crippen LogP contribution in [-0.2, 0) is 21.0 Å². The topological polar surface area (TPSA) is 96.4 Å². The molecule has 0 radical (unpaired) electrons. The fourth-order valence-corrected chi connectivity index (χ4v) is 7.35. The fraction of sp³-hybridized carbons (Fsp3) is 0.281. The lowest BCUT2D eigenvalue weighted by atomic mass is 9.89. The zero-order chi connectivity index (χ0) is 31.2. The smallest absolute Gasteiger partial charge is 0.416 e. The largest absolute Gasteiger partial charge is 0.495 e. The molecule has 230 valence electrons. The summed E-state index contributed by atoms with van der Waals surface area (Å²) in [5.74, 6) is -0.0733. The van der Waals surface area contributed by atoms with E-state index in [0.717, 1.165) is 50.3 Å². The Bertz CT molecular complexity index is 1840. The van der Waals surface area contributed by atoms with Crippen molar-refractivity contribution in [1.82, 2.24) is 0 Å². The molecule has 4 aromatic carbocycles. The molecular formula is C32H29F3N2O6S. The molecule has 4 aromatic rings. The lowest BCUT2D eigenvalue weighted by Gasteiger charge is -2.43. The number of benzene rings is 4. The van der Waals surface area contributed by atoms with Gasteiger partial charge in [0, 0.05) is 30.8 Å². The van der Waals surface area contributed by atoms with Crippen molar-refractivity contribution in [1.29, 1.82) is 0 Å². The van der Waals surface area contributed by atoms with E-state index in [1.54, 1.807) is 19.2 Å². The van der Waals surface area contributed by atoms with Crippen molar-refractivity contribution in [3.8, 4) is 11.5 Å². The number of rotatable bonds is 8. The van der Waals surface area contributed by atoms with E-state index in [1.807, 2.05) is 42.5 Å². The highest BCUT2D eigenvalue weighted by atomic mass is 32.2. The molecule has 2 aliphatic heterocycles. The van der Waals surface area contributed by atoms with Crippen LogP contribution >= 0.6 is 0 Å². The summed E-state index contributed by atoms with van der Waals surface area (Å²) in [5, 5.41) is 11.3. The number of fused-ring (bicyclic) bond motifs is 2. The number of carbonyl (C=O) groups is 1.